The number of carbonyl (C=O) groups is 2. The molecule has 3 heteroatoms. The van der Waals surface area contributed by atoms with Crippen molar-refractivity contribution in [3.63, 3.8) is 0 Å². The van der Waals surface area contributed by atoms with Crippen LogP contribution in [0.4, 0.5) is 0 Å². The van der Waals surface area contributed by atoms with Gasteiger partial charge in [0.15, 0.2) is 0 Å². The maximum atomic E-state index is 10.6. The van der Waals surface area contributed by atoms with Crippen LogP contribution in [0, 0.1) is 0 Å². The molecule has 0 bridgehead atoms. The second-order valence-corrected chi connectivity index (χ2v) is 4.07. The second-order valence-electron chi connectivity index (χ2n) is 4.07. The van der Waals surface area contributed by atoms with Gasteiger partial charge in [0.05, 0.1) is 6.61 Å². The fraction of sp³-hybridized carbons (Fsp3) is 0.125. The number of rotatable bonds is 6. The summed E-state index contributed by atoms with van der Waals surface area (Å²) in [4.78, 5) is 20.8. The largest absolute Gasteiger partial charge is 0.493 e. The van der Waals surface area contributed by atoms with Crippen molar-refractivity contribution in [1.82, 2.24) is 0 Å². The highest BCUT2D eigenvalue weighted by molar-refractivity contribution is 5.77. The van der Waals surface area contributed by atoms with Crippen molar-refractivity contribution in [2.75, 3.05) is 6.61 Å². The van der Waals surface area contributed by atoms with Crippen molar-refractivity contribution >= 4 is 12.6 Å². The van der Waals surface area contributed by atoms with Gasteiger partial charge in [-0.25, -0.2) is 0 Å². The molecule has 0 N–H and O–H groups in total. The van der Waals surface area contributed by atoms with E-state index in [2.05, 4.69) is 0 Å². The van der Waals surface area contributed by atoms with Crippen LogP contribution in [0.2, 0.25) is 0 Å². The van der Waals surface area contributed by atoms with Crippen LogP contribution in [0.25, 0.3) is 11.1 Å². The first-order chi connectivity index (χ1) is 9.33. The fourth-order valence-corrected chi connectivity index (χ4v) is 1.72. The third-order valence-corrected chi connectivity index (χ3v) is 2.74. The molecule has 0 heterocycles. The summed E-state index contributed by atoms with van der Waals surface area (Å²) < 4.78 is 5.40. The molecule has 0 fully saturated rings. The molecule has 0 saturated carbocycles. The van der Waals surface area contributed by atoms with Gasteiger partial charge in [-0.15, -0.1) is 0 Å². The van der Waals surface area contributed by atoms with Gasteiger partial charge in [-0.05, 0) is 23.3 Å². The molecule has 19 heavy (non-hydrogen) atoms. The van der Waals surface area contributed by atoms with Gasteiger partial charge in [0, 0.05) is 12.0 Å². The highest BCUT2D eigenvalue weighted by atomic mass is 16.5. The van der Waals surface area contributed by atoms with Crippen LogP contribution >= 0.6 is 0 Å². The molecule has 2 aromatic carbocycles. The van der Waals surface area contributed by atoms with Gasteiger partial charge in [0.25, 0.3) is 0 Å². The summed E-state index contributed by atoms with van der Waals surface area (Å²) >= 11 is 0. The molecule has 0 aliphatic rings. The molecule has 0 radical (unpaired) electrons. The van der Waals surface area contributed by atoms with Crippen LogP contribution < -0.4 is 4.74 Å². The first-order valence-electron chi connectivity index (χ1n) is 6.05. The summed E-state index contributed by atoms with van der Waals surface area (Å²) in [6.07, 6.45) is 2.06. The summed E-state index contributed by atoms with van der Waals surface area (Å²) in [5, 5.41) is 0. The van der Waals surface area contributed by atoms with Gasteiger partial charge in [0.1, 0.15) is 18.3 Å². The molecule has 3 nitrogen and oxygen atoms in total. The molecular weight excluding hydrogens is 240 g/mol. The second kappa shape index (κ2) is 6.50. The predicted molar refractivity (Wildman–Crippen MR) is 73.4 cm³/mol. The van der Waals surface area contributed by atoms with E-state index in [1.54, 1.807) is 12.1 Å². The average molecular weight is 254 g/mol. The van der Waals surface area contributed by atoms with E-state index in [1.165, 1.54) is 0 Å². The highest BCUT2D eigenvalue weighted by Crippen LogP contribution is 2.22. The molecule has 0 unspecified atom stereocenters. The van der Waals surface area contributed by atoms with E-state index in [0.717, 1.165) is 29.4 Å². The first kappa shape index (κ1) is 13.0. The summed E-state index contributed by atoms with van der Waals surface area (Å²) in [6, 6.07) is 15.0. The van der Waals surface area contributed by atoms with Crippen LogP contribution in [0.5, 0.6) is 5.75 Å². The number of benzene rings is 2. The summed E-state index contributed by atoms with van der Waals surface area (Å²) in [7, 11) is 0. The Kier molecular flexibility index (Phi) is 4.45. The molecule has 0 atom stereocenters. The lowest BCUT2D eigenvalue weighted by Crippen LogP contribution is -1.97. The van der Waals surface area contributed by atoms with E-state index in [-0.39, 0.29) is 0 Å². The quantitative estimate of drug-likeness (QED) is 0.587. The lowest BCUT2D eigenvalue weighted by Gasteiger charge is -2.06. The van der Waals surface area contributed by atoms with Crippen LogP contribution in [-0.2, 0) is 4.79 Å². The first-order valence-corrected chi connectivity index (χ1v) is 6.05. The summed E-state index contributed by atoms with van der Waals surface area (Å²) in [6.45, 7) is 0.400. The van der Waals surface area contributed by atoms with E-state index in [1.807, 2.05) is 36.4 Å². The van der Waals surface area contributed by atoms with E-state index in [9.17, 15) is 9.59 Å². The predicted octanol–water partition coefficient (Wildman–Crippen LogP) is 3.13. The number of carbonyl (C=O) groups excluding carboxylic acids is 2. The molecular formula is C16H14O3. The van der Waals surface area contributed by atoms with E-state index in [4.69, 9.17) is 4.74 Å². The number of ether oxygens (including phenoxy) is 1. The molecule has 96 valence electrons. The smallest absolute Gasteiger partial charge is 0.150 e. The van der Waals surface area contributed by atoms with E-state index in [0.29, 0.717) is 18.6 Å². The van der Waals surface area contributed by atoms with Gasteiger partial charge >= 0.3 is 0 Å². The van der Waals surface area contributed by atoms with Gasteiger partial charge in [-0.3, -0.25) is 4.79 Å². The Hall–Kier alpha value is -2.42. The standard InChI is InChI=1S/C16H14O3/c17-10-1-11-19-16-8-6-15(7-9-16)14-4-2-13(12-18)3-5-14/h2-10,12H,1,11H2. The van der Waals surface area contributed by atoms with Crippen molar-refractivity contribution in [3.05, 3.63) is 54.1 Å². The molecule has 0 spiro atoms. The van der Waals surface area contributed by atoms with Gasteiger partial charge in [-0.2, -0.15) is 0 Å². The Labute approximate surface area is 111 Å². The van der Waals surface area contributed by atoms with Gasteiger partial charge in [-0.1, -0.05) is 36.4 Å². The van der Waals surface area contributed by atoms with Gasteiger partial charge in [0.2, 0.25) is 0 Å². The third kappa shape index (κ3) is 3.52. The molecule has 0 aromatic heterocycles. The number of hydrogen-bond acceptors (Lipinski definition) is 3. The van der Waals surface area contributed by atoms with Crippen molar-refractivity contribution in [3.8, 4) is 16.9 Å². The zero-order valence-corrected chi connectivity index (χ0v) is 10.4. The zero-order chi connectivity index (χ0) is 13.5. The van der Waals surface area contributed by atoms with Crippen molar-refractivity contribution in [1.29, 1.82) is 0 Å². The maximum Gasteiger partial charge on any atom is 0.150 e. The highest BCUT2D eigenvalue weighted by Gasteiger charge is 1.99. The zero-order valence-electron chi connectivity index (χ0n) is 10.4. The summed E-state index contributed by atoms with van der Waals surface area (Å²) in [5.41, 5.74) is 2.77. The Bertz CT molecular complexity index is 541. The lowest BCUT2D eigenvalue weighted by atomic mass is 10.0. The Morgan fingerprint density at radius 2 is 1.42 bits per heavy atom. The number of hydrogen-bond donors (Lipinski definition) is 0. The fourth-order valence-electron chi connectivity index (χ4n) is 1.72. The Morgan fingerprint density at radius 3 is 1.95 bits per heavy atom. The van der Waals surface area contributed by atoms with Crippen LogP contribution in [-0.4, -0.2) is 19.2 Å². The molecule has 0 aliphatic carbocycles. The van der Waals surface area contributed by atoms with Crippen LogP contribution in [0.1, 0.15) is 16.8 Å². The molecule has 2 aromatic rings. The topological polar surface area (TPSA) is 43.4 Å². The normalized spacial score (nSPS) is 9.89. The molecule has 0 aliphatic heterocycles. The Morgan fingerprint density at radius 1 is 0.842 bits per heavy atom. The third-order valence-electron chi connectivity index (χ3n) is 2.74. The maximum absolute atomic E-state index is 10.6. The monoisotopic (exact) mass is 254 g/mol. The minimum absolute atomic E-state index is 0.398. The molecule has 2 rings (SSSR count). The lowest BCUT2D eigenvalue weighted by molar-refractivity contribution is -0.108. The van der Waals surface area contributed by atoms with Gasteiger partial charge < -0.3 is 9.53 Å². The minimum Gasteiger partial charge on any atom is -0.493 e. The van der Waals surface area contributed by atoms with E-state index >= 15 is 0 Å². The van der Waals surface area contributed by atoms with Crippen molar-refractivity contribution in [2.45, 2.75) is 6.42 Å². The Balaban J connectivity index is 2.08. The van der Waals surface area contributed by atoms with E-state index < -0.39 is 0 Å². The van der Waals surface area contributed by atoms with Crippen molar-refractivity contribution < 1.29 is 14.3 Å². The average Bonchev–Trinajstić information content (AvgIpc) is 2.48. The summed E-state index contributed by atoms with van der Waals surface area (Å²) in [5.74, 6) is 0.745. The molecule has 0 amide bonds. The van der Waals surface area contributed by atoms with Crippen molar-refractivity contribution in [2.24, 2.45) is 0 Å². The van der Waals surface area contributed by atoms with Crippen LogP contribution in [0.15, 0.2) is 48.5 Å². The minimum atomic E-state index is 0.398. The molecule has 0 saturated heterocycles. The van der Waals surface area contributed by atoms with Crippen LogP contribution in [0.3, 0.4) is 0 Å². The SMILES string of the molecule is O=CCCOc1ccc(-c2ccc(C=O)cc2)cc1. The number of aldehydes is 2.